The van der Waals surface area contributed by atoms with Crippen LogP contribution >= 0.6 is 0 Å². The zero-order valence-corrected chi connectivity index (χ0v) is 17.5. The fraction of sp³-hybridized carbons (Fsp3) is 0.381. The second-order valence-corrected chi connectivity index (χ2v) is 9.06. The second-order valence-electron chi connectivity index (χ2n) is 7.15. The van der Waals surface area contributed by atoms with Crippen LogP contribution in [0.1, 0.15) is 27.0 Å². The van der Waals surface area contributed by atoms with Crippen molar-refractivity contribution in [2.24, 2.45) is 0 Å². The van der Waals surface area contributed by atoms with Gasteiger partial charge in [-0.1, -0.05) is 18.2 Å². The molecule has 3 rings (SSSR count). The number of hydrogen-bond acceptors (Lipinski definition) is 4. The lowest BCUT2D eigenvalue weighted by Gasteiger charge is -2.34. The predicted octanol–water partition coefficient (Wildman–Crippen LogP) is 2.77. The minimum absolute atomic E-state index is 0.109. The summed E-state index contributed by atoms with van der Waals surface area (Å²) in [5, 5.41) is 0. The van der Waals surface area contributed by atoms with Gasteiger partial charge in [-0.2, -0.15) is 4.31 Å². The molecule has 1 aliphatic rings. The fourth-order valence-corrected chi connectivity index (χ4v) is 5.12. The maximum atomic E-state index is 13.0. The van der Waals surface area contributed by atoms with Gasteiger partial charge in [-0.05, 0) is 55.7 Å². The van der Waals surface area contributed by atoms with E-state index in [1.165, 1.54) is 4.31 Å². The molecular formula is C21H26N2O4S. The molecule has 1 aliphatic heterocycles. The average Bonchev–Trinajstić information content (AvgIpc) is 2.69. The SMILES string of the molecule is COc1cc(C(=O)N2CCN(S(=O)(=O)c3cc(C)ccc3C)CC2)ccc1C. The van der Waals surface area contributed by atoms with Gasteiger partial charge in [-0.15, -0.1) is 0 Å². The Morgan fingerprint density at radius 3 is 2.21 bits per heavy atom. The molecule has 0 bridgehead atoms. The first-order valence-electron chi connectivity index (χ1n) is 9.25. The number of carbonyl (C=O) groups excluding carboxylic acids is 1. The second kappa shape index (κ2) is 7.93. The maximum Gasteiger partial charge on any atom is 0.254 e. The van der Waals surface area contributed by atoms with E-state index in [0.717, 1.165) is 16.7 Å². The van der Waals surface area contributed by atoms with Crippen molar-refractivity contribution in [1.29, 1.82) is 0 Å². The van der Waals surface area contributed by atoms with Crippen molar-refractivity contribution in [1.82, 2.24) is 9.21 Å². The van der Waals surface area contributed by atoms with Crippen LogP contribution in [0.4, 0.5) is 0 Å². The molecule has 150 valence electrons. The van der Waals surface area contributed by atoms with Crippen LogP contribution in [0.25, 0.3) is 0 Å². The number of methoxy groups -OCH3 is 1. The Morgan fingerprint density at radius 1 is 0.929 bits per heavy atom. The van der Waals surface area contributed by atoms with Gasteiger partial charge in [0.25, 0.3) is 5.91 Å². The summed E-state index contributed by atoms with van der Waals surface area (Å²) in [6.45, 7) is 6.89. The summed E-state index contributed by atoms with van der Waals surface area (Å²) in [6, 6.07) is 10.8. The van der Waals surface area contributed by atoms with E-state index in [9.17, 15) is 13.2 Å². The molecule has 0 aliphatic carbocycles. The number of hydrogen-bond donors (Lipinski definition) is 0. The van der Waals surface area contributed by atoms with Gasteiger partial charge in [0.05, 0.1) is 12.0 Å². The first kappa shape index (κ1) is 20.4. The molecule has 0 aromatic heterocycles. The summed E-state index contributed by atoms with van der Waals surface area (Å²) in [7, 11) is -1.99. The summed E-state index contributed by atoms with van der Waals surface area (Å²) in [4.78, 5) is 14.8. The van der Waals surface area contributed by atoms with E-state index in [1.807, 2.05) is 32.0 Å². The predicted molar refractivity (Wildman–Crippen MR) is 108 cm³/mol. The van der Waals surface area contributed by atoms with Gasteiger partial charge in [0.2, 0.25) is 10.0 Å². The summed E-state index contributed by atoms with van der Waals surface area (Å²) < 4.78 is 32.8. The van der Waals surface area contributed by atoms with E-state index in [2.05, 4.69) is 0 Å². The number of ether oxygens (including phenoxy) is 1. The largest absolute Gasteiger partial charge is 0.496 e. The van der Waals surface area contributed by atoms with Crippen molar-refractivity contribution in [2.75, 3.05) is 33.3 Å². The lowest BCUT2D eigenvalue weighted by molar-refractivity contribution is 0.0697. The number of rotatable bonds is 4. The Morgan fingerprint density at radius 2 is 1.57 bits per heavy atom. The van der Waals surface area contributed by atoms with E-state index in [0.29, 0.717) is 29.3 Å². The number of benzene rings is 2. The van der Waals surface area contributed by atoms with Crippen LogP contribution in [0.15, 0.2) is 41.3 Å². The van der Waals surface area contributed by atoms with E-state index in [4.69, 9.17) is 4.74 Å². The minimum Gasteiger partial charge on any atom is -0.496 e. The number of aryl methyl sites for hydroxylation is 3. The molecule has 28 heavy (non-hydrogen) atoms. The molecule has 0 spiro atoms. The van der Waals surface area contributed by atoms with Gasteiger partial charge in [0, 0.05) is 31.7 Å². The lowest BCUT2D eigenvalue weighted by atomic mass is 10.1. The Labute approximate surface area is 166 Å². The molecule has 1 heterocycles. The highest BCUT2D eigenvalue weighted by molar-refractivity contribution is 7.89. The molecule has 0 saturated carbocycles. The molecule has 0 unspecified atom stereocenters. The van der Waals surface area contributed by atoms with Crippen molar-refractivity contribution < 1.29 is 17.9 Å². The first-order valence-corrected chi connectivity index (χ1v) is 10.7. The topological polar surface area (TPSA) is 66.9 Å². The van der Waals surface area contributed by atoms with Crippen molar-refractivity contribution in [3.8, 4) is 5.75 Å². The van der Waals surface area contributed by atoms with Gasteiger partial charge in [0.15, 0.2) is 0 Å². The minimum atomic E-state index is -3.57. The molecule has 1 amide bonds. The van der Waals surface area contributed by atoms with E-state index in [1.54, 1.807) is 37.1 Å². The Kier molecular flexibility index (Phi) is 5.76. The third-order valence-corrected chi connectivity index (χ3v) is 7.18. The van der Waals surface area contributed by atoms with Crippen molar-refractivity contribution >= 4 is 15.9 Å². The molecule has 1 saturated heterocycles. The van der Waals surface area contributed by atoms with Gasteiger partial charge in [0.1, 0.15) is 5.75 Å². The molecule has 0 N–H and O–H groups in total. The first-order chi connectivity index (χ1) is 13.2. The van der Waals surface area contributed by atoms with Gasteiger partial charge < -0.3 is 9.64 Å². The lowest BCUT2D eigenvalue weighted by Crippen LogP contribution is -2.50. The Balaban J connectivity index is 1.73. The van der Waals surface area contributed by atoms with Gasteiger partial charge in [-0.3, -0.25) is 4.79 Å². The van der Waals surface area contributed by atoms with Crippen LogP contribution < -0.4 is 4.74 Å². The number of sulfonamides is 1. The summed E-state index contributed by atoms with van der Waals surface area (Å²) in [6.07, 6.45) is 0. The molecule has 1 fully saturated rings. The smallest absolute Gasteiger partial charge is 0.254 e. The maximum absolute atomic E-state index is 13.0. The van der Waals surface area contributed by atoms with Crippen molar-refractivity contribution in [2.45, 2.75) is 25.7 Å². The van der Waals surface area contributed by atoms with E-state index in [-0.39, 0.29) is 19.0 Å². The quantitative estimate of drug-likeness (QED) is 0.789. The zero-order chi connectivity index (χ0) is 20.5. The van der Waals surface area contributed by atoms with Crippen LogP contribution in [0, 0.1) is 20.8 Å². The van der Waals surface area contributed by atoms with Crippen LogP contribution in [0.5, 0.6) is 5.75 Å². The third kappa shape index (κ3) is 3.91. The number of carbonyl (C=O) groups is 1. The monoisotopic (exact) mass is 402 g/mol. The molecule has 7 heteroatoms. The third-order valence-electron chi connectivity index (χ3n) is 5.14. The van der Waals surface area contributed by atoms with Gasteiger partial charge in [-0.25, -0.2) is 8.42 Å². The molecule has 0 radical (unpaired) electrons. The summed E-state index contributed by atoms with van der Waals surface area (Å²) >= 11 is 0. The van der Waals surface area contributed by atoms with Crippen LogP contribution in [0.2, 0.25) is 0 Å². The molecular weight excluding hydrogens is 376 g/mol. The molecule has 6 nitrogen and oxygen atoms in total. The van der Waals surface area contributed by atoms with Crippen LogP contribution in [0.3, 0.4) is 0 Å². The number of amides is 1. The molecule has 2 aromatic rings. The van der Waals surface area contributed by atoms with Gasteiger partial charge >= 0.3 is 0 Å². The summed E-state index contributed by atoms with van der Waals surface area (Å²) in [5.41, 5.74) is 3.15. The zero-order valence-electron chi connectivity index (χ0n) is 16.7. The molecule has 0 atom stereocenters. The van der Waals surface area contributed by atoms with Crippen molar-refractivity contribution in [3.63, 3.8) is 0 Å². The highest BCUT2D eigenvalue weighted by atomic mass is 32.2. The van der Waals surface area contributed by atoms with E-state index >= 15 is 0 Å². The average molecular weight is 403 g/mol. The highest BCUT2D eigenvalue weighted by Crippen LogP contribution is 2.24. The standard InChI is InChI=1S/C21H26N2O4S/c1-15-5-6-17(3)20(13-15)28(25,26)23-11-9-22(10-12-23)21(24)18-8-7-16(2)19(14-18)27-4/h5-8,13-14H,9-12H2,1-4H3. The molecule has 2 aromatic carbocycles. The van der Waals surface area contributed by atoms with Crippen LogP contribution in [-0.2, 0) is 10.0 Å². The number of piperazine rings is 1. The highest BCUT2D eigenvalue weighted by Gasteiger charge is 2.31. The fourth-order valence-electron chi connectivity index (χ4n) is 3.39. The van der Waals surface area contributed by atoms with Crippen molar-refractivity contribution in [3.05, 3.63) is 58.7 Å². The Hall–Kier alpha value is -2.38. The van der Waals surface area contributed by atoms with E-state index < -0.39 is 10.0 Å². The Bertz CT molecular complexity index is 993. The number of nitrogens with zero attached hydrogens (tertiary/aromatic N) is 2. The van der Waals surface area contributed by atoms with Crippen LogP contribution in [-0.4, -0.2) is 56.8 Å². The summed E-state index contributed by atoms with van der Waals surface area (Å²) in [5.74, 6) is 0.559. The normalized spacial score (nSPS) is 15.5.